The van der Waals surface area contributed by atoms with Crippen molar-refractivity contribution in [3.63, 3.8) is 0 Å². The third-order valence-corrected chi connectivity index (χ3v) is 5.58. The van der Waals surface area contributed by atoms with Gasteiger partial charge >= 0.3 is 0 Å². The van der Waals surface area contributed by atoms with Crippen LogP contribution in [0.1, 0.15) is 35.7 Å². The number of carbonyl (C=O) groups excluding carboxylic acids is 2. The second-order valence-electron chi connectivity index (χ2n) is 7.40. The van der Waals surface area contributed by atoms with Gasteiger partial charge in [0.2, 0.25) is 5.91 Å². The Balaban J connectivity index is 1.64. The fraction of sp³-hybridized carbons (Fsp3) is 0.364. The number of hydrogen-bond acceptors (Lipinski definition) is 3. The van der Waals surface area contributed by atoms with Crippen molar-refractivity contribution in [1.29, 1.82) is 0 Å². The highest BCUT2D eigenvalue weighted by molar-refractivity contribution is 6.33. The molecule has 0 aliphatic carbocycles. The molecule has 1 fully saturated rings. The summed E-state index contributed by atoms with van der Waals surface area (Å²) in [7, 11) is 1.62. The number of amides is 2. The normalized spacial score (nSPS) is 19.2. The molecule has 0 radical (unpaired) electrons. The molecule has 28 heavy (non-hydrogen) atoms. The summed E-state index contributed by atoms with van der Waals surface area (Å²) in [6, 6.07) is 14.6. The number of piperidine rings is 1. The molecule has 148 valence electrons. The summed E-state index contributed by atoms with van der Waals surface area (Å²) in [6.07, 6.45) is 1.52. The van der Waals surface area contributed by atoms with Gasteiger partial charge in [0.15, 0.2) is 0 Å². The highest BCUT2D eigenvalue weighted by atomic mass is 35.5. The lowest BCUT2D eigenvalue weighted by molar-refractivity contribution is -0.132. The van der Waals surface area contributed by atoms with Crippen molar-refractivity contribution in [2.24, 2.45) is 5.41 Å². The van der Waals surface area contributed by atoms with Crippen molar-refractivity contribution in [2.75, 3.05) is 20.2 Å². The van der Waals surface area contributed by atoms with Gasteiger partial charge in [0.05, 0.1) is 23.1 Å². The van der Waals surface area contributed by atoms with E-state index < -0.39 is 5.41 Å². The molecule has 0 bridgehead atoms. The first kappa shape index (κ1) is 20.2. The van der Waals surface area contributed by atoms with Gasteiger partial charge in [-0.2, -0.15) is 0 Å². The van der Waals surface area contributed by atoms with Crippen molar-refractivity contribution in [3.05, 3.63) is 64.7 Å². The van der Waals surface area contributed by atoms with E-state index in [1.54, 1.807) is 36.3 Å². The van der Waals surface area contributed by atoms with Crippen LogP contribution in [0, 0.1) is 5.41 Å². The smallest absolute Gasteiger partial charge is 0.255 e. The molecule has 3 rings (SSSR count). The Morgan fingerprint density at radius 1 is 1.18 bits per heavy atom. The summed E-state index contributed by atoms with van der Waals surface area (Å²) >= 11 is 6.18. The fourth-order valence-corrected chi connectivity index (χ4v) is 3.76. The minimum absolute atomic E-state index is 0.0417. The average Bonchev–Trinajstić information content (AvgIpc) is 2.72. The molecule has 0 spiro atoms. The van der Waals surface area contributed by atoms with Crippen molar-refractivity contribution in [3.8, 4) is 5.75 Å². The molecule has 6 heteroatoms. The van der Waals surface area contributed by atoms with E-state index in [1.807, 2.05) is 31.2 Å². The molecule has 1 N–H and O–H groups in total. The second-order valence-corrected chi connectivity index (χ2v) is 7.81. The third kappa shape index (κ3) is 4.47. The first-order chi connectivity index (χ1) is 13.4. The van der Waals surface area contributed by atoms with E-state index in [9.17, 15) is 9.59 Å². The summed E-state index contributed by atoms with van der Waals surface area (Å²) in [4.78, 5) is 27.5. The highest BCUT2D eigenvalue weighted by Crippen LogP contribution is 2.31. The third-order valence-electron chi connectivity index (χ3n) is 5.25. The van der Waals surface area contributed by atoms with Crippen LogP contribution in [0.2, 0.25) is 5.02 Å². The predicted octanol–water partition coefficient (Wildman–Crippen LogP) is 3.91. The lowest BCUT2D eigenvalue weighted by Crippen LogP contribution is -2.51. The molecule has 0 unspecified atom stereocenters. The van der Waals surface area contributed by atoms with E-state index >= 15 is 0 Å². The molecule has 2 aromatic rings. The molecule has 1 aliphatic rings. The Labute approximate surface area is 170 Å². The maximum Gasteiger partial charge on any atom is 0.255 e. The molecule has 2 amide bonds. The van der Waals surface area contributed by atoms with E-state index in [-0.39, 0.29) is 11.8 Å². The summed E-state index contributed by atoms with van der Waals surface area (Å²) in [6.45, 7) is 3.37. The second kappa shape index (κ2) is 8.65. The van der Waals surface area contributed by atoms with Gasteiger partial charge in [-0.15, -0.1) is 0 Å². The Morgan fingerprint density at radius 3 is 2.57 bits per heavy atom. The first-order valence-electron chi connectivity index (χ1n) is 9.38. The topological polar surface area (TPSA) is 58.6 Å². The molecule has 0 aromatic heterocycles. The number of rotatable bonds is 5. The number of likely N-dealkylation sites (tertiary alicyclic amines) is 1. The highest BCUT2D eigenvalue weighted by Gasteiger charge is 2.39. The van der Waals surface area contributed by atoms with E-state index in [2.05, 4.69) is 5.32 Å². The molecular weight excluding hydrogens is 376 g/mol. The van der Waals surface area contributed by atoms with Crippen LogP contribution in [-0.4, -0.2) is 36.9 Å². The van der Waals surface area contributed by atoms with Crippen molar-refractivity contribution in [2.45, 2.75) is 26.3 Å². The number of halogens is 1. The minimum atomic E-state index is -0.623. The predicted molar refractivity (Wildman–Crippen MR) is 110 cm³/mol. The van der Waals surface area contributed by atoms with Crippen molar-refractivity contribution >= 4 is 23.4 Å². The van der Waals surface area contributed by atoms with Crippen LogP contribution in [0.5, 0.6) is 5.75 Å². The molecule has 1 saturated heterocycles. The van der Waals surface area contributed by atoms with Crippen LogP contribution in [-0.2, 0) is 11.3 Å². The summed E-state index contributed by atoms with van der Waals surface area (Å²) in [5, 5.41) is 3.45. The largest absolute Gasteiger partial charge is 0.497 e. The number of nitrogens with one attached hydrogen (secondary N) is 1. The zero-order chi connectivity index (χ0) is 20.1. The average molecular weight is 401 g/mol. The molecular formula is C22H25ClN2O3. The standard InChI is InChI=1S/C22H25ClN2O3/c1-22(21(27)24-14-16-8-10-17(28-2)11-9-16)12-5-13-25(15-22)20(26)18-6-3-4-7-19(18)23/h3-4,6-11H,5,12-15H2,1-2H3,(H,24,27)/t22-/m0/s1. The Hall–Kier alpha value is -2.53. The summed E-state index contributed by atoms with van der Waals surface area (Å²) < 4.78 is 5.15. The number of carbonyl (C=O) groups is 2. The zero-order valence-corrected chi connectivity index (χ0v) is 17.0. The molecule has 2 aromatic carbocycles. The SMILES string of the molecule is COc1ccc(CNC(=O)[C@@]2(C)CCCN(C(=O)c3ccccc3Cl)C2)cc1. The lowest BCUT2D eigenvalue weighted by Gasteiger charge is -2.39. The van der Waals surface area contributed by atoms with Crippen LogP contribution in [0.15, 0.2) is 48.5 Å². The quantitative estimate of drug-likeness (QED) is 0.827. The van der Waals surface area contributed by atoms with E-state index in [1.165, 1.54) is 0 Å². The lowest BCUT2D eigenvalue weighted by atomic mass is 9.80. The fourth-order valence-electron chi connectivity index (χ4n) is 3.54. The van der Waals surface area contributed by atoms with Crippen LogP contribution < -0.4 is 10.1 Å². The molecule has 1 atom stereocenters. The Kier molecular flexibility index (Phi) is 6.25. The van der Waals surface area contributed by atoms with Gasteiger partial charge in [-0.3, -0.25) is 9.59 Å². The molecule has 1 heterocycles. The van der Waals surface area contributed by atoms with Gasteiger partial charge < -0.3 is 15.0 Å². The molecule has 5 nitrogen and oxygen atoms in total. The maximum absolute atomic E-state index is 12.9. The van der Waals surface area contributed by atoms with E-state index in [4.69, 9.17) is 16.3 Å². The minimum Gasteiger partial charge on any atom is -0.497 e. The first-order valence-corrected chi connectivity index (χ1v) is 9.76. The Morgan fingerprint density at radius 2 is 1.89 bits per heavy atom. The van der Waals surface area contributed by atoms with Crippen LogP contribution in [0.3, 0.4) is 0 Å². The van der Waals surface area contributed by atoms with Gasteiger partial charge in [0, 0.05) is 19.6 Å². The Bertz CT molecular complexity index is 853. The molecule has 1 aliphatic heterocycles. The van der Waals surface area contributed by atoms with Gasteiger partial charge in [0.1, 0.15) is 5.75 Å². The van der Waals surface area contributed by atoms with E-state index in [0.29, 0.717) is 30.2 Å². The van der Waals surface area contributed by atoms with E-state index in [0.717, 1.165) is 24.2 Å². The molecule has 0 saturated carbocycles. The summed E-state index contributed by atoms with van der Waals surface area (Å²) in [5.41, 5.74) is 0.853. The number of ether oxygens (including phenoxy) is 1. The zero-order valence-electron chi connectivity index (χ0n) is 16.2. The monoisotopic (exact) mass is 400 g/mol. The summed E-state index contributed by atoms with van der Waals surface area (Å²) in [5.74, 6) is 0.613. The van der Waals surface area contributed by atoms with Crippen LogP contribution in [0.4, 0.5) is 0 Å². The van der Waals surface area contributed by atoms with Gasteiger partial charge in [-0.05, 0) is 49.6 Å². The van der Waals surface area contributed by atoms with Gasteiger partial charge in [-0.25, -0.2) is 0 Å². The number of methoxy groups -OCH3 is 1. The van der Waals surface area contributed by atoms with Crippen molar-refractivity contribution < 1.29 is 14.3 Å². The maximum atomic E-state index is 12.9. The van der Waals surface area contributed by atoms with Gasteiger partial charge in [0.25, 0.3) is 5.91 Å². The van der Waals surface area contributed by atoms with Crippen molar-refractivity contribution in [1.82, 2.24) is 10.2 Å². The number of hydrogen-bond donors (Lipinski definition) is 1. The van der Waals surface area contributed by atoms with Gasteiger partial charge in [-0.1, -0.05) is 35.9 Å². The van der Waals surface area contributed by atoms with Crippen LogP contribution in [0.25, 0.3) is 0 Å². The van der Waals surface area contributed by atoms with Crippen LogP contribution >= 0.6 is 11.6 Å². The number of nitrogens with zero attached hydrogens (tertiary/aromatic N) is 1. The number of benzene rings is 2.